The van der Waals surface area contributed by atoms with Crippen LogP contribution < -0.4 is 21.3 Å². The first-order chi connectivity index (χ1) is 19.1. The molecule has 212 valence electrons. The van der Waals surface area contributed by atoms with E-state index in [1.807, 2.05) is 6.92 Å². The number of rotatable bonds is 9. The number of amides is 1. The van der Waals surface area contributed by atoms with Crippen molar-refractivity contribution in [2.24, 2.45) is 5.73 Å². The lowest BCUT2D eigenvalue weighted by Gasteiger charge is -2.31. The SMILES string of the molecule is CCc1c2c(nc3cc(F)c(OCCOCNC(=O)[C@H](C)N)cc13)-c1cc3c(c(=O)n1C2)COC(=O)[C@]3(O)CC. The molecule has 0 saturated heterocycles. The van der Waals surface area contributed by atoms with Gasteiger partial charge in [0.25, 0.3) is 5.56 Å². The minimum atomic E-state index is -1.92. The highest BCUT2D eigenvalue weighted by molar-refractivity contribution is 5.90. The van der Waals surface area contributed by atoms with Crippen LogP contribution in [0.1, 0.15) is 49.4 Å². The molecule has 2 aromatic heterocycles. The van der Waals surface area contributed by atoms with Crippen LogP contribution >= 0.6 is 0 Å². The standard InChI is InChI=1S/C28H31FN4O7/c1-4-15-16-8-23(39-7-6-38-13-31-25(34)14(3)30)20(29)10-21(16)32-24-17(15)11-33-22(24)9-19-18(26(33)35)12-40-27(36)28(19,37)5-2/h8-10,14,37H,4-7,11-13,30H2,1-3H3,(H,31,34)/t14-,28-/m0/s1. The summed E-state index contributed by atoms with van der Waals surface area (Å²) in [5, 5.41) is 14.3. The van der Waals surface area contributed by atoms with Crippen LogP contribution in [0, 0.1) is 5.82 Å². The molecule has 40 heavy (non-hydrogen) atoms. The Labute approximate surface area is 229 Å². The molecular weight excluding hydrogens is 523 g/mol. The van der Waals surface area contributed by atoms with Gasteiger partial charge in [0.05, 0.1) is 41.7 Å². The summed E-state index contributed by atoms with van der Waals surface area (Å²) in [5.41, 5.74) is 6.72. The maximum absolute atomic E-state index is 15.0. The predicted octanol–water partition coefficient (Wildman–Crippen LogP) is 1.60. The molecule has 0 unspecified atom stereocenters. The Kier molecular flexibility index (Phi) is 7.34. The van der Waals surface area contributed by atoms with Gasteiger partial charge in [-0.15, -0.1) is 0 Å². The van der Waals surface area contributed by atoms with Crippen LogP contribution in [0.25, 0.3) is 22.3 Å². The summed E-state index contributed by atoms with van der Waals surface area (Å²) in [4.78, 5) is 42.1. The molecule has 0 spiro atoms. The van der Waals surface area contributed by atoms with Crippen molar-refractivity contribution < 1.29 is 33.3 Å². The number of carbonyl (C=O) groups excluding carboxylic acids is 2. The molecule has 12 heteroatoms. The maximum Gasteiger partial charge on any atom is 0.343 e. The number of pyridine rings is 2. The van der Waals surface area contributed by atoms with Gasteiger partial charge in [0.1, 0.15) is 19.9 Å². The Bertz CT molecular complexity index is 1590. The normalized spacial score (nSPS) is 18.1. The number of benzene rings is 1. The lowest BCUT2D eigenvalue weighted by molar-refractivity contribution is -0.172. The molecule has 2 aliphatic heterocycles. The van der Waals surface area contributed by atoms with E-state index in [1.165, 1.54) is 6.07 Å². The van der Waals surface area contributed by atoms with E-state index in [1.54, 1.807) is 30.5 Å². The second kappa shape index (κ2) is 10.6. The van der Waals surface area contributed by atoms with Crippen molar-refractivity contribution in [3.8, 4) is 17.1 Å². The first kappa shape index (κ1) is 27.7. The average Bonchev–Trinajstić information content (AvgIpc) is 3.30. The van der Waals surface area contributed by atoms with Crippen LogP contribution in [-0.2, 0) is 44.2 Å². The van der Waals surface area contributed by atoms with E-state index < -0.39 is 23.4 Å². The van der Waals surface area contributed by atoms with Gasteiger partial charge in [-0.25, -0.2) is 14.2 Å². The smallest absolute Gasteiger partial charge is 0.343 e. The number of aromatic nitrogens is 2. The minimum Gasteiger partial charge on any atom is -0.488 e. The number of nitrogens with one attached hydrogen (secondary N) is 1. The number of hydrogen-bond acceptors (Lipinski definition) is 9. The molecule has 0 radical (unpaired) electrons. The predicted molar refractivity (Wildman–Crippen MR) is 142 cm³/mol. The zero-order valence-electron chi connectivity index (χ0n) is 22.5. The number of cyclic esters (lactones) is 1. The van der Waals surface area contributed by atoms with Gasteiger partial charge in [-0.1, -0.05) is 13.8 Å². The van der Waals surface area contributed by atoms with Crippen LogP contribution in [0.4, 0.5) is 4.39 Å². The Hall–Kier alpha value is -3.87. The summed E-state index contributed by atoms with van der Waals surface area (Å²) < 4.78 is 32.6. The Balaban J connectivity index is 1.46. The van der Waals surface area contributed by atoms with Crippen LogP contribution in [0.5, 0.6) is 5.75 Å². The molecule has 5 rings (SSSR count). The Morgan fingerprint density at radius 1 is 1.27 bits per heavy atom. The molecule has 3 aromatic rings. The molecule has 0 bridgehead atoms. The molecule has 11 nitrogen and oxygen atoms in total. The van der Waals surface area contributed by atoms with E-state index in [9.17, 15) is 19.5 Å². The van der Waals surface area contributed by atoms with Crippen molar-refractivity contribution in [2.45, 2.75) is 58.4 Å². The average molecular weight is 555 g/mol. The molecule has 4 heterocycles. The third-order valence-corrected chi connectivity index (χ3v) is 7.46. The molecule has 0 fully saturated rings. The Morgan fingerprint density at radius 3 is 2.75 bits per heavy atom. The zero-order valence-corrected chi connectivity index (χ0v) is 22.5. The molecule has 2 atom stereocenters. The molecule has 0 aliphatic carbocycles. The second-order valence-corrected chi connectivity index (χ2v) is 9.90. The van der Waals surface area contributed by atoms with E-state index in [-0.39, 0.29) is 67.9 Å². The summed E-state index contributed by atoms with van der Waals surface area (Å²) >= 11 is 0. The summed E-state index contributed by atoms with van der Waals surface area (Å²) in [6.45, 7) is 5.31. The van der Waals surface area contributed by atoms with E-state index in [0.29, 0.717) is 28.7 Å². The fourth-order valence-corrected chi connectivity index (χ4v) is 5.24. The van der Waals surface area contributed by atoms with Crippen molar-refractivity contribution in [3.63, 3.8) is 0 Å². The number of carbonyl (C=O) groups is 2. The second-order valence-electron chi connectivity index (χ2n) is 9.90. The summed E-state index contributed by atoms with van der Waals surface area (Å²) in [6, 6.07) is 3.86. The number of aryl methyl sites for hydroxylation is 1. The van der Waals surface area contributed by atoms with E-state index in [2.05, 4.69) is 5.32 Å². The van der Waals surface area contributed by atoms with Crippen molar-refractivity contribution in [1.82, 2.24) is 14.9 Å². The summed E-state index contributed by atoms with van der Waals surface area (Å²) in [5.74, 6) is -1.73. The first-order valence-corrected chi connectivity index (χ1v) is 13.2. The number of nitrogens with two attached hydrogens (primary N) is 1. The third-order valence-electron chi connectivity index (χ3n) is 7.46. The van der Waals surface area contributed by atoms with Gasteiger partial charge < -0.3 is 34.9 Å². The van der Waals surface area contributed by atoms with Gasteiger partial charge in [0.15, 0.2) is 17.2 Å². The lowest BCUT2D eigenvalue weighted by Crippen LogP contribution is -2.44. The van der Waals surface area contributed by atoms with Gasteiger partial charge in [-0.3, -0.25) is 9.59 Å². The van der Waals surface area contributed by atoms with Gasteiger partial charge in [0, 0.05) is 22.6 Å². The highest BCUT2D eigenvalue weighted by Gasteiger charge is 2.45. The third kappa shape index (κ3) is 4.51. The number of hydrogen-bond donors (Lipinski definition) is 3. The van der Waals surface area contributed by atoms with E-state index in [0.717, 1.165) is 11.1 Å². The largest absolute Gasteiger partial charge is 0.488 e. The van der Waals surface area contributed by atoms with E-state index >= 15 is 4.39 Å². The number of aliphatic hydroxyl groups is 1. The van der Waals surface area contributed by atoms with E-state index in [4.69, 9.17) is 24.9 Å². The number of nitrogens with zero attached hydrogens (tertiary/aromatic N) is 2. The molecule has 2 aliphatic rings. The Morgan fingerprint density at radius 2 is 2.05 bits per heavy atom. The number of ether oxygens (including phenoxy) is 3. The van der Waals surface area contributed by atoms with Crippen molar-refractivity contribution in [1.29, 1.82) is 0 Å². The molecular formula is C28H31FN4O7. The molecule has 4 N–H and O–H groups in total. The highest BCUT2D eigenvalue weighted by atomic mass is 19.1. The molecule has 1 amide bonds. The number of fused-ring (bicyclic) bond motifs is 5. The van der Waals surface area contributed by atoms with Crippen LogP contribution in [0.3, 0.4) is 0 Å². The summed E-state index contributed by atoms with van der Waals surface area (Å²) in [6.07, 6.45) is 0.623. The zero-order chi connectivity index (χ0) is 28.8. The maximum atomic E-state index is 15.0. The quantitative estimate of drug-likeness (QED) is 0.159. The minimum absolute atomic E-state index is 0.0268. The van der Waals surface area contributed by atoms with Gasteiger partial charge in [0.2, 0.25) is 5.91 Å². The monoisotopic (exact) mass is 554 g/mol. The molecule has 0 saturated carbocycles. The van der Waals surface area contributed by atoms with Crippen LogP contribution in [0.15, 0.2) is 23.0 Å². The van der Waals surface area contributed by atoms with Gasteiger partial charge >= 0.3 is 5.97 Å². The fourth-order valence-electron chi connectivity index (χ4n) is 5.24. The summed E-state index contributed by atoms with van der Waals surface area (Å²) in [7, 11) is 0. The fraction of sp³-hybridized carbons (Fsp3) is 0.429. The van der Waals surface area contributed by atoms with Crippen molar-refractivity contribution >= 4 is 22.8 Å². The topological polar surface area (TPSA) is 155 Å². The number of esters is 1. The highest BCUT2D eigenvalue weighted by Crippen LogP contribution is 2.41. The van der Waals surface area contributed by atoms with Crippen LogP contribution in [-0.4, -0.2) is 52.5 Å². The van der Waals surface area contributed by atoms with Crippen LogP contribution in [0.2, 0.25) is 0 Å². The first-order valence-electron chi connectivity index (χ1n) is 13.2. The van der Waals surface area contributed by atoms with Crippen molar-refractivity contribution in [3.05, 3.63) is 56.6 Å². The lowest BCUT2D eigenvalue weighted by atomic mass is 9.86. The molecule has 1 aromatic carbocycles. The van der Waals surface area contributed by atoms with Gasteiger partial charge in [-0.05, 0) is 37.5 Å². The van der Waals surface area contributed by atoms with Gasteiger partial charge in [-0.2, -0.15) is 0 Å². The number of halogens is 1. The van der Waals surface area contributed by atoms with Crippen molar-refractivity contribution in [2.75, 3.05) is 19.9 Å².